The zero-order chi connectivity index (χ0) is 17.3. The van der Waals surface area contributed by atoms with Gasteiger partial charge < -0.3 is 24.8 Å². The third-order valence-corrected chi connectivity index (χ3v) is 4.78. The highest BCUT2D eigenvalue weighted by molar-refractivity contribution is 5.89. The molecule has 2 N–H and O–H groups in total. The lowest BCUT2D eigenvalue weighted by Gasteiger charge is -2.27. The predicted octanol–water partition coefficient (Wildman–Crippen LogP) is 2.72. The van der Waals surface area contributed by atoms with E-state index in [0.29, 0.717) is 23.7 Å². The molecule has 2 aromatic rings. The van der Waals surface area contributed by atoms with Crippen LogP contribution in [-0.4, -0.2) is 32.1 Å². The van der Waals surface area contributed by atoms with Crippen molar-refractivity contribution in [3.8, 4) is 11.5 Å². The molecule has 0 aromatic heterocycles. The van der Waals surface area contributed by atoms with Gasteiger partial charge in [0.05, 0.1) is 5.60 Å². The maximum absolute atomic E-state index is 12.3. The number of benzene rings is 2. The van der Waals surface area contributed by atoms with Gasteiger partial charge in [-0.2, -0.15) is 0 Å². The summed E-state index contributed by atoms with van der Waals surface area (Å²) in [5.41, 5.74) is 2.82. The maximum atomic E-state index is 12.3. The summed E-state index contributed by atoms with van der Waals surface area (Å²) < 4.78 is 16.3. The summed E-state index contributed by atoms with van der Waals surface area (Å²) in [6.45, 7) is 0.649. The van der Waals surface area contributed by atoms with Gasteiger partial charge in [0.1, 0.15) is 0 Å². The van der Waals surface area contributed by atoms with Crippen molar-refractivity contribution in [2.24, 2.45) is 0 Å². The lowest BCUT2D eigenvalue weighted by Crippen LogP contribution is -2.46. The average Bonchev–Trinajstić information content (AvgIpc) is 3.24. The summed E-state index contributed by atoms with van der Waals surface area (Å²) in [5.74, 6) is 1.32. The summed E-state index contributed by atoms with van der Waals surface area (Å²) >= 11 is 0. The predicted molar refractivity (Wildman–Crippen MR) is 93.2 cm³/mol. The minimum absolute atomic E-state index is 0.210. The zero-order valence-electron chi connectivity index (χ0n) is 14.0. The topological polar surface area (TPSA) is 68.8 Å². The number of methoxy groups -OCH3 is 1. The molecule has 0 saturated carbocycles. The monoisotopic (exact) mass is 340 g/mol. The van der Waals surface area contributed by atoms with Crippen LogP contribution in [0.15, 0.2) is 42.5 Å². The molecule has 4 rings (SSSR count). The first-order valence-corrected chi connectivity index (χ1v) is 8.24. The number of amides is 2. The molecule has 2 aliphatic rings. The molecule has 0 fully saturated rings. The molecule has 0 unspecified atom stereocenters. The second-order valence-corrected chi connectivity index (χ2v) is 6.39. The molecule has 0 saturated heterocycles. The largest absolute Gasteiger partial charge is 0.454 e. The minimum Gasteiger partial charge on any atom is -0.454 e. The van der Waals surface area contributed by atoms with E-state index in [-0.39, 0.29) is 12.8 Å². The molecule has 1 aliphatic carbocycles. The Hall–Kier alpha value is -2.73. The number of ether oxygens (including phenoxy) is 3. The van der Waals surface area contributed by atoms with Crippen LogP contribution in [0, 0.1) is 0 Å². The van der Waals surface area contributed by atoms with E-state index in [9.17, 15) is 4.79 Å². The molecule has 0 bridgehead atoms. The van der Waals surface area contributed by atoms with E-state index < -0.39 is 5.60 Å². The van der Waals surface area contributed by atoms with Crippen LogP contribution in [0.2, 0.25) is 0 Å². The van der Waals surface area contributed by atoms with Gasteiger partial charge in [0.25, 0.3) is 0 Å². The number of hydrogen-bond donors (Lipinski definition) is 2. The standard InChI is InChI=1S/C19H20N2O4/c1-23-19(9-13-4-2-3-5-14(13)10-19)11-20-18(22)21-15-6-7-16-17(8-15)25-12-24-16/h2-8H,9-12H2,1H3,(H2,20,21,22). The fraction of sp³-hybridized carbons (Fsp3) is 0.316. The van der Waals surface area contributed by atoms with Gasteiger partial charge in [0.2, 0.25) is 6.79 Å². The van der Waals surface area contributed by atoms with E-state index in [0.717, 1.165) is 12.8 Å². The Morgan fingerprint density at radius 3 is 2.56 bits per heavy atom. The first kappa shape index (κ1) is 15.8. The van der Waals surface area contributed by atoms with E-state index in [2.05, 4.69) is 22.8 Å². The van der Waals surface area contributed by atoms with Crippen molar-refractivity contribution in [2.45, 2.75) is 18.4 Å². The van der Waals surface area contributed by atoms with Gasteiger partial charge in [0.15, 0.2) is 11.5 Å². The Labute approximate surface area is 146 Å². The minimum atomic E-state index is -0.393. The summed E-state index contributed by atoms with van der Waals surface area (Å²) in [5, 5.41) is 5.74. The van der Waals surface area contributed by atoms with Crippen molar-refractivity contribution < 1.29 is 19.0 Å². The molecule has 0 atom stereocenters. The van der Waals surface area contributed by atoms with Crippen LogP contribution in [0.4, 0.5) is 10.5 Å². The van der Waals surface area contributed by atoms with Crippen LogP contribution < -0.4 is 20.1 Å². The lowest BCUT2D eigenvalue weighted by molar-refractivity contribution is 0.00208. The normalized spacial score (nSPS) is 16.4. The van der Waals surface area contributed by atoms with Gasteiger partial charge >= 0.3 is 6.03 Å². The van der Waals surface area contributed by atoms with Gasteiger partial charge in [0, 0.05) is 38.2 Å². The number of carbonyl (C=O) groups excluding carboxylic acids is 1. The SMILES string of the molecule is COC1(CNC(=O)Nc2ccc3c(c2)OCO3)Cc2ccccc2C1. The average molecular weight is 340 g/mol. The summed E-state index contributed by atoms with van der Waals surface area (Å²) in [6.07, 6.45) is 1.59. The molecule has 6 nitrogen and oxygen atoms in total. The molecule has 2 amide bonds. The van der Waals surface area contributed by atoms with Crippen molar-refractivity contribution in [3.63, 3.8) is 0 Å². The van der Waals surface area contributed by atoms with Gasteiger partial charge in [-0.05, 0) is 23.3 Å². The fourth-order valence-electron chi connectivity index (χ4n) is 3.39. The Kier molecular flexibility index (Phi) is 3.97. The van der Waals surface area contributed by atoms with Gasteiger partial charge in [-0.1, -0.05) is 24.3 Å². The Balaban J connectivity index is 1.37. The Bertz CT molecular complexity index is 781. The molecule has 1 aliphatic heterocycles. The van der Waals surface area contributed by atoms with Gasteiger partial charge in [-0.15, -0.1) is 0 Å². The number of carbonyl (C=O) groups is 1. The van der Waals surface area contributed by atoms with Crippen LogP contribution in [0.1, 0.15) is 11.1 Å². The summed E-state index contributed by atoms with van der Waals surface area (Å²) in [6, 6.07) is 13.3. The number of nitrogens with one attached hydrogen (secondary N) is 2. The Morgan fingerprint density at radius 2 is 1.84 bits per heavy atom. The van der Waals surface area contributed by atoms with Crippen molar-refractivity contribution in [3.05, 3.63) is 53.6 Å². The highest BCUT2D eigenvalue weighted by Gasteiger charge is 2.37. The van der Waals surface area contributed by atoms with E-state index in [1.165, 1.54) is 11.1 Å². The number of hydrogen-bond acceptors (Lipinski definition) is 4. The number of anilines is 1. The van der Waals surface area contributed by atoms with Crippen molar-refractivity contribution >= 4 is 11.7 Å². The smallest absolute Gasteiger partial charge is 0.319 e. The second kappa shape index (κ2) is 6.29. The fourth-order valence-corrected chi connectivity index (χ4v) is 3.39. The quantitative estimate of drug-likeness (QED) is 0.898. The molecule has 25 heavy (non-hydrogen) atoms. The first-order valence-electron chi connectivity index (χ1n) is 8.24. The molecule has 1 heterocycles. The third kappa shape index (κ3) is 3.13. The summed E-state index contributed by atoms with van der Waals surface area (Å²) in [4.78, 5) is 12.3. The van der Waals surface area contributed by atoms with Gasteiger partial charge in [-0.25, -0.2) is 4.79 Å². The van der Waals surface area contributed by atoms with Crippen molar-refractivity contribution in [1.29, 1.82) is 0 Å². The molecule has 6 heteroatoms. The maximum Gasteiger partial charge on any atom is 0.319 e. The summed E-state index contributed by atoms with van der Waals surface area (Å²) in [7, 11) is 1.70. The number of urea groups is 1. The molecular weight excluding hydrogens is 320 g/mol. The molecule has 2 aromatic carbocycles. The van der Waals surface area contributed by atoms with Crippen LogP contribution in [0.5, 0.6) is 11.5 Å². The number of fused-ring (bicyclic) bond motifs is 2. The molecule has 0 spiro atoms. The molecule has 0 radical (unpaired) electrons. The third-order valence-electron chi connectivity index (χ3n) is 4.78. The first-order chi connectivity index (χ1) is 12.2. The van der Waals surface area contributed by atoms with Crippen LogP contribution in [-0.2, 0) is 17.6 Å². The van der Waals surface area contributed by atoms with E-state index in [1.54, 1.807) is 25.3 Å². The second-order valence-electron chi connectivity index (χ2n) is 6.39. The molecular formula is C19H20N2O4. The van der Waals surface area contributed by atoms with E-state index >= 15 is 0 Å². The molecule has 130 valence electrons. The van der Waals surface area contributed by atoms with Crippen LogP contribution in [0.25, 0.3) is 0 Å². The number of rotatable bonds is 4. The van der Waals surface area contributed by atoms with Crippen molar-refractivity contribution in [1.82, 2.24) is 5.32 Å². The zero-order valence-corrected chi connectivity index (χ0v) is 14.0. The lowest BCUT2D eigenvalue weighted by atomic mass is 10.0. The van der Waals surface area contributed by atoms with Gasteiger partial charge in [-0.3, -0.25) is 0 Å². The van der Waals surface area contributed by atoms with Crippen LogP contribution in [0.3, 0.4) is 0 Å². The highest BCUT2D eigenvalue weighted by Crippen LogP contribution is 2.34. The van der Waals surface area contributed by atoms with E-state index in [1.807, 2.05) is 12.1 Å². The van der Waals surface area contributed by atoms with E-state index in [4.69, 9.17) is 14.2 Å². The highest BCUT2D eigenvalue weighted by atomic mass is 16.7. The van der Waals surface area contributed by atoms with Crippen molar-refractivity contribution in [2.75, 3.05) is 25.8 Å². The van der Waals surface area contributed by atoms with Crippen LogP contribution >= 0.6 is 0 Å². The Morgan fingerprint density at radius 1 is 1.12 bits per heavy atom.